The largest absolute Gasteiger partial charge is 0.490 e. The fraction of sp³-hybridized carbons (Fsp3) is 0.158. The molecule has 1 aromatic heterocycles. The van der Waals surface area contributed by atoms with E-state index in [0.29, 0.717) is 23.9 Å². The summed E-state index contributed by atoms with van der Waals surface area (Å²) in [5.41, 5.74) is -0.213. The molecule has 0 amide bonds. The van der Waals surface area contributed by atoms with Crippen LogP contribution in [-0.2, 0) is 6.54 Å². The Morgan fingerprint density at radius 2 is 1.93 bits per heavy atom. The Bertz CT molecular complexity index is 1050. The lowest BCUT2D eigenvalue weighted by molar-refractivity contribution is 0.143. The van der Waals surface area contributed by atoms with Crippen LogP contribution in [0.1, 0.15) is 0 Å². The van der Waals surface area contributed by atoms with Gasteiger partial charge in [-0.1, -0.05) is 12.1 Å². The topological polar surface area (TPSA) is 53.4 Å². The summed E-state index contributed by atoms with van der Waals surface area (Å²) >= 11 is 0. The molecule has 0 N–H and O–H groups in total. The molecule has 0 radical (unpaired) electrons. The van der Waals surface area contributed by atoms with Gasteiger partial charge in [0.15, 0.2) is 17.7 Å². The highest BCUT2D eigenvalue weighted by Crippen LogP contribution is 2.27. The van der Waals surface area contributed by atoms with Gasteiger partial charge in [0.05, 0.1) is 6.54 Å². The highest BCUT2D eigenvalue weighted by atomic mass is 19.2. The van der Waals surface area contributed by atoms with Crippen LogP contribution in [0.4, 0.5) is 13.2 Å². The van der Waals surface area contributed by atoms with E-state index in [4.69, 9.17) is 9.47 Å². The monoisotopic (exact) mass is 374 g/mol. The van der Waals surface area contributed by atoms with Gasteiger partial charge in [-0.05, 0) is 23.8 Å². The van der Waals surface area contributed by atoms with Crippen molar-refractivity contribution >= 4 is 0 Å². The van der Waals surface area contributed by atoms with Crippen molar-refractivity contribution in [2.24, 2.45) is 0 Å². The summed E-state index contributed by atoms with van der Waals surface area (Å²) in [6.45, 7) is 0.703. The van der Waals surface area contributed by atoms with Crippen LogP contribution in [0.15, 0.2) is 53.5 Å². The number of nitrogens with zero attached hydrogens (tertiary/aromatic N) is 2. The second kappa shape index (κ2) is 6.79. The number of fused-ring (bicyclic) bond motifs is 1. The Labute approximate surface area is 151 Å². The van der Waals surface area contributed by atoms with Crippen LogP contribution in [0.5, 0.6) is 11.8 Å². The summed E-state index contributed by atoms with van der Waals surface area (Å²) in [5.74, 6) is -2.72. The predicted molar refractivity (Wildman–Crippen MR) is 90.2 cm³/mol. The maximum atomic E-state index is 13.9. The van der Waals surface area contributed by atoms with E-state index >= 15 is 0 Å². The number of halogens is 3. The Morgan fingerprint density at radius 1 is 1.15 bits per heavy atom. The van der Waals surface area contributed by atoms with E-state index < -0.39 is 17.5 Å². The standard InChI is InChI=1S/C19H13F3N2O3/c20-12-7-15(18(22)16(21)8-12)11-1-3-13(4-2-11)26-10-14-9-24-6-5-17(25)23-19(24)27-14/h1-8,14H,9-10H2. The van der Waals surface area contributed by atoms with Crippen LogP contribution in [-0.4, -0.2) is 22.3 Å². The SMILES string of the molecule is O=c1ccn2c(n1)OC(COc1ccc(-c3cc(F)cc(F)c3F)cc1)C2. The summed E-state index contributed by atoms with van der Waals surface area (Å²) in [6.07, 6.45) is 1.29. The molecule has 1 aliphatic rings. The van der Waals surface area contributed by atoms with Gasteiger partial charge >= 0.3 is 0 Å². The summed E-state index contributed by atoms with van der Waals surface area (Å²) in [7, 11) is 0. The highest BCUT2D eigenvalue weighted by Gasteiger charge is 2.23. The third kappa shape index (κ3) is 3.51. The highest BCUT2D eigenvalue weighted by molar-refractivity contribution is 5.65. The fourth-order valence-corrected chi connectivity index (χ4v) is 2.82. The van der Waals surface area contributed by atoms with Crippen molar-refractivity contribution < 1.29 is 22.6 Å². The van der Waals surface area contributed by atoms with Gasteiger partial charge in [-0.2, -0.15) is 4.98 Å². The fourth-order valence-electron chi connectivity index (χ4n) is 2.82. The molecule has 1 unspecified atom stereocenters. The van der Waals surface area contributed by atoms with Crippen molar-refractivity contribution in [3.63, 3.8) is 0 Å². The third-order valence-corrected chi connectivity index (χ3v) is 4.12. The van der Waals surface area contributed by atoms with Crippen LogP contribution in [0.3, 0.4) is 0 Å². The average Bonchev–Trinajstić information content (AvgIpc) is 3.05. The molecule has 0 bridgehead atoms. The second-order valence-corrected chi connectivity index (χ2v) is 6.03. The molecule has 3 aromatic rings. The number of rotatable bonds is 4. The maximum absolute atomic E-state index is 13.9. The molecule has 0 fully saturated rings. The van der Waals surface area contributed by atoms with E-state index in [1.165, 1.54) is 18.2 Å². The Balaban J connectivity index is 1.43. The zero-order chi connectivity index (χ0) is 19.0. The third-order valence-electron chi connectivity index (χ3n) is 4.12. The molecule has 4 rings (SSSR count). The molecule has 1 atom stereocenters. The molecule has 2 aromatic carbocycles. The van der Waals surface area contributed by atoms with Gasteiger partial charge in [-0.3, -0.25) is 9.36 Å². The van der Waals surface area contributed by atoms with Crippen molar-refractivity contribution in [1.82, 2.24) is 9.55 Å². The number of benzene rings is 2. The molecule has 27 heavy (non-hydrogen) atoms. The van der Waals surface area contributed by atoms with Gasteiger partial charge < -0.3 is 9.47 Å². The first-order valence-electron chi connectivity index (χ1n) is 8.11. The van der Waals surface area contributed by atoms with Crippen LogP contribution in [0.25, 0.3) is 11.1 Å². The molecule has 2 heterocycles. The van der Waals surface area contributed by atoms with Crippen molar-refractivity contribution in [1.29, 1.82) is 0 Å². The van der Waals surface area contributed by atoms with Crippen molar-refractivity contribution in [3.8, 4) is 22.9 Å². The van der Waals surface area contributed by atoms with Crippen LogP contribution in [0, 0.1) is 17.5 Å². The number of aromatic nitrogens is 2. The molecular weight excluding hydrogens is 361 g/mol. The van der Waals surface area contributed by atoms with Crippen molar-refractivity contribution in [2.75, 3.05) is 6.61 Å². The molecule has 5 nitrogen and oxygen atoms in total. The maximum Gasteiger partial charge on any atom is 0.300 e. The lowest BCUT2D eigenvalue weighted by Crippen LogP contribution is -2.23. The Hall–Kier alpha value is -3.29. The minimum absolute atomic E-state index is 0.162. The summed E-state index contributed by atoms with van der Waals surface area (Å²) in [4.78, 5) is 15.0. The zero-order valence-electron chi connectivity index (χ0n) is 13.9. The molecule has 0 saturated heterocycles. The first kappa shape index (κ1) is 17.1. The predicted octanol–water partition coefficient (Wildman–Crippen LogP) is 3.17. The van der Waals surface area contributed by atoms with E-state index in [-0.39, 0.29) is 29.8 Å². The minimum atomic E-state index is -1.24. The van der Waals surface area contributed by atoms with Crippen LogP contribution in [0.2, 0.25) is 0 Å². The lowest BCUT2D eigenvalue weighted by atomic mass is 10.0. The van der Waals surface area contributed by atoms with Crippen molar-refractivity contribution in [3.05, 3.63) is 76.5 Å². The lowest BCUT2D eigenvalue weighted by Gasteiger charge is -2.12. The quantitative estimate of drug-likeness (QED) is 0.659. The Morgan fingerprint density at radius 3 is 2.70 bits per heavy atom. The van der Waals surface area contributed by atoms with Gasteiger partial charge in [-0.25, -0.2) is 13.2 Å². The number of hydrogen-bond acceptors (Lipinski definition) is 4. The second-order valence-electron chi connectivity index (χ2n) is 6.03. The van der Waals surface area contributed by atoms with E-state index in [9.17, 15) is 18.0 Å². The molecule has 0 saturated carbocycles. The van der Waals surface area contributed by atoms with E-state index in [1.54, 1.807) is 22.9 Å². The normalized spacial score (nSPS) is 15.3. The number of hydrogen-bond donors (Lipinski definition) is 0. The molecular formula is C19H13F3N2O3. The molecule has 0 aliphatic carbocycles. The van der Waals surface area contributed by atoms with E-state index in [1.807, 2.05) is 0 Å². The van der Waals surface area contributed by atoms with Gasteiger partial charge in [0, 0.05) is 23.9 Å². The molecule has 8 heteroatoms. The summed E-state index contributed by atoms with van der Waals surface area (Å²) in [5, 5.41) is 0. The summed E-state index contributed by atoms with van der Waals surface area (Å²) < 4.78 is 53.4. The minimum Gasteiger partial charge on any atom is -0.490 e. The van der Waals surface area contributed by atoms with E-state index in [0.717, 1.165) is 6.07 Å². The van der Waals surface area contributed by atoms with Gasteiger partial charge in [0.25, 0.3) is 11.6 Å². The smallest absolute Gasteiger partial charge is 0.300 e. The molecule has 0 spiro atoms. The Kier molecular flexibility index (Phi) is 4.31. The molecule has 1 aliphatic heterocycles. The van der Waals surface area contributed by atoms with E-state index in [2.05, 4.69) is 4.98 Å². The van der Waals surface area contributed by atoms with Gasteiger partial charge in [0.1, 0.15) is 18.2 Å². The van der Waals surface area contributed by atoms with Gasteiger partial charge in [0.2, 0.25) is 0 Å². The summed E-state index contributed by atoms with van der Waals surface area (Å²) in [6, 6.07) is 9.19. The number of ether oxygens (including phenoxy) is 2. The van der Waals surface area contributed by atoms with Gasteiger partial charge in [-0.15, -0.1) is 0 Å². The first-order chi connectivity index (χ1) is 13.0. The molecule has 138 valence electrons. The first-order valence-corrected chi connectivity index (χ1v) is 8.11. The van der Waals surface area contributed by atoms with Crippen LogP contribution < -0.4 is 15.0 Å². The zero-order valence-corrected chi connectivity index (χ0v) is 13.9. The average molecular weight is 374 g/mol. The van der Waals surface area contributed by atoms with Crippen LogP contribution >= 0.6 is 0 Å². The van der Waals surface area contributed by atoms with Crippen molar-refractivity contribution in [2.45, 2.75) is 12.6 Å².